The summed E-state index contributed by atoms with van der Waals surface area (Å²) in [4.78, 5) is 12.2. The van der Waals surface area contributed by atoms with Crippen LogP contribution in [0, 0.1) is 6.92 Å². The normalized spacial score (nSPS) is 11.3. The molecule has 0 fully saturated rings. The first-order valence-corrected chi connectivity index (χ1v) is 9.73. The molecule has 0 aliphatic rings. The molecule has 0 aliphatic carbocycles. The van der Waals surface area contributed by atoms with Crippen molar-refractivity contribution in [3.8, 4) is 0 Å². The van der Waals surface area contributed by atoms with E-state index < -0.39 is 0 Å². The van der Waals surface area contributed by atoms with Gasteiger partial charge in [-0.05, 0) is 49.4 Å². The summed E-state index contributed by atoms with van der Waals surface area (Å²) in [6, 6.07) is 10.2. The number of aromatic amines is 1. The Bertz CT molecular complexity index is 905. The van der Waals surface area contributed by atoms with Gasteiger partial charge < -0.3 is 15.6 Å². The number of guanidine groups is 1. The van der Waals surface area contributed by atoms with Gasteiger partial charge in [0.15, 0.2) is 5.96 Å². The number of aryl methyl sites for hydroxylation is 1. The molecule has 2 aromatic heterocycles. The van der Waals surface area contributed by atoms with E-state index in [-0.39, 0.29) is 24.0 Å². The quantitative estimate of drug-likeness (QED) is 0.190. The van der Waals surface area contributed by atoms with E-state index in [1.807, 2.05) is 18.3 Å². The topological polar surface area (TPSA) is 65.1 Å². The van der Waals surface area contributed by atoms with Gasteiger partial charge in [-0.2, -0.15) is 0 Å². The molecule has 0 unspecified atom stereocenters. The zero-order chi connectivity index (χ0) is 19.1. The fraction of sp³-hybridized carbons (Fsp3) is 0.333. The highest BCUT2D eigenvalue weighted by molar-refractivity contribution is 14.0. The maximum Gasteiger partial charge on any atom is 0.191 e. The number of fused-ring (bicyclic) bond motifs is 1. The molecule has 0 bridgehead atoms. The van der Waals surface area contributed by atoms with E-state index >= 15 is 0 Å². The molecular weight excluding hydrogens is 485 g/mol. The number of aliphatic imine (C=N–C) groups is 1. The van der Waals surface area contributed by atoms with Gasteiger partial charge in [-0.3, -0.25) is 4.99 Å². The molecule has 0 aliphatic heterocycles. The first-order valence-electron chi connectivity index (χ1n) is 9.35. The predicted octanol–water partition coefficient (Wildman–Crippen LogP) is 4.48. The molecule has 1 aromatic carbocycles. The Morgan fingerprint density at radius 1 is 1.18 bits per heavy atom. The summed E-state index contributed by atoms with van der Waals surface area (Å²) in [6.07, 6.45) is 5.69. The molecule has 28 heavy (non-hydrogen) atoms. The van der Waals surface area contributed by atoms with Gasteiger partial charge in [-0.25, -0.2) is 4.98 Å². The number of hydrogen-bond donors (Lipinski definition) is 3. The number of rotatable bonds is 7. The zero-order valence-electron chi connectivity index (χ0n) is 16.3. The number of aromatic nitrogens is 2. The van der Waals surface area contributed by atoms with Crippen molar-refractivity contribution < 1.29 is 0 Å². The van der Waals surface area contributed by atoms with Crippen LogP contribution in [-0.4, -0.2) is 35.6 Å². The maximum atomic E-state index is 5.82. The zero-order valence-corrected chi connectivity index (χ0v) is 19.3. The van der Waals surface area contributed by atoms with Crippen LogP contribution in [0.25, 0.3) is 10.9 Å². The van der Waals surface area contributed by atoms with Crippen LogP contribution in [0.4, 0.5) is 0 Å². The lowest BCUT2D eigenvalue weighted by Crippen LogP contribution is -2.38. The van der Waals surface area contributed by atoms with Crippen LogP contribution in [-0.2, 0) is 12.8 Å². The van der Waals surface area contributed by atoms with E-state index in [2.05, 4.69) is 58.8 Å². The summed E-state index contributed by atoms with van der Waals surface area (Å²) in [6.45, 7) is 6.56. The summed E-state index contributed by atoms with van der Waals surface area (Å²) in [5.74, 6) is 0.843. The number of nitrogens with one attached hydrogen (secondary N) is 3. The van der Waals surface area contributed by atoms with E-state index in [0.29, 0.717) is 5.15 Å². The Labute approximate surface area is 188 Å². The monoisotopic (exact) mass is 511 g/mol. The number of nitrogens with zero attached hydrogens (tertiary/aromatic N) is 2. The van der Waals surface area contributed by atoms with Crippen molar-refractivity contribution in [2.45, 2.75) is 26.7 Å². The summed E-state index contributed by atoms with van der Waals surface area (Å²) < 4.78 is 0. The number of H-pyrrole nitrogens is 1. The van der Waals surface area contributed by atoms with Crippen molar-refractivity contribution >= 4 is 52.4 Å². The number of pyridine rings is 1. The Hall–Kier alpha value is -1.80. The van der Waals surface area contributed by atoms with Gasteiger partial charge in [-0.1, -0.05) is 35.9 Å². The first-order chi connectivity index (χ1) is 13.2. The minimum absolute atomic E-state index is 0. The van der Waals surface area contributed by atoms with Crippen molar-refractivity contribution in [1.82, 2.24) is 20.6 Å². The third-order valence-electron chi connectivity index (χ3n) is 4.50. The van der Waals surface area contributed by atoms with Crippen molar-refractivity contribution in [3.05, 3.63) is 64.6 Å². The molecule has 0 spiro atoms. The molecule has 7 heteroatoms. The lowest BCUT2D eigenvalue weighted by Gasteiger charge is -2.11. The Kier molecular flexibility index (Phi) is 9.05. The highest BCUT2D eigenvalue weighted by Crippen LogP contribution is 2.21. The van der Waals surface area contributed by atoms with Crippen LogP contribution in [0.1, 0.15) is 23.6 Å². The van der Waals surface area contributed by atoms with Crippen LogP contribution >= 0.6 is 35.6 Å². The molecule has 0 amide bonds. The third-order valence-corrected chi connectivity index (χ3v) is 4.72. The van der Waals surface area contributed by atoms with Gasteiger partial charge in [0.1, 0.15) is 5.15 Å². The van der Waals surface area contributed by atoms with E-state index in [1.165, 1.54) is 22.0 Å². The fourth-order valence-electron chi connectivity index (χ4n) is 3.08. The molecule has 3 rings (SSSR count). The van der Waals surface area contributed by atoms with Crippen molar-refractivity contribution in [2.24, 2.45) is 4.99 Å². The SMILES string of the molecule is CCNC(=NCCc1c[nH]c2c(C)cccc12)NCCc1ccc(Cl)nc1.I. The van der Waals surface area contributed by atoms with Gasteiger partial charge in [-0.15, -0.1) is 24.0 Å². The van der Waals surface area contributed by atoms with E-state index in [0.717, 1.165) is 44.0 Å². The fourth-order valence-corrected chi connectivity index (χ4v) is 3.19. The smallest absolute Gasteiger partial charge is 0.191 e. The Balaban J connectivity index is 0.00000280. The van der Waals surface area contributed by atoms with E-state index in [4.69, 9.17) is 16.6 Å². The number of hydrogen-bond acceptors (Lipinski definition) is 2. The van der Waals surface area contributed by atoms with Crippen molar-refractivity contribution in [2.75, 3.05) is 19.6 Å². The molecule has 150 valence electrons. The van der Waals surface area contributed by atoms with Crippen molar-refractivity contribution in [1.29, 1.82) is 0 Å². The molecule has 3 N–H and O–H groups in total. The molecule has 2 heterocycles. The van der Waals surface area contributed by atoms with Gasteiger partial charge in [0.2, 0.25) is 0 Å². The second-order valence-electron chi connectivity index (χ2n) is 6.49. The second kappa shape index (κ2) is 11.3. The second-order valence-corrected chi connectivity index (χ2v) is 6.88. The summed E-state index contributed by atoms with van der Waals surface area (Å²) in [5.41, 5.74) is 4.95. The highest BCUT2D eigenvalue weighted by atomic mass is 127. The highest BCUT2D eigenvalue weighted by Gasteiger charge is 2.05. The molecule has 0 radical (unpaired) electrons. The van der Waals surface area contributed by atoms with Crippen LogP contribution in [0.15, 0.2) is 47.7 Å². The molecule has 0 saturated heterocycles. The van der Waals surface area contributed by atoms with Gasteiger partial charge in [0.25, 0.3) is 0 Å². The van der Waals surface area contributed by atoms with Gasteiger partial charge in [0.05, 0.1) is 0 Å². The number of halogens is 2. The van der Waals surface area contributed by atoms with Crippen molar-refractivity contribution in [3.63, 3.8) is 0 Å². The maximum absolute atomic E-state index is 5.82. The molecule has 3 aromatic rings. The summed E-state index contributed by atoms with van der Waals surface area (Å²) in [7, 11) is 0. The molecule has 0 atom stereocenters. The average Bonchev–Trinajstić information content (AvgIpc) is 3.08. The lowest BCUT2D eigenvalue weighted by molar-refractivity contribution is 0.795. The number of benzene rings is 1. The lowest BCUT2D eigenvalue weighted by atomic mass is 10.1. The average molecular weight is 512 g/mol. The largest absolute Gasteiger partial charge is 0.361 e. The standard InChI is InChI=1S/C21H26ClN5.HI/c1-3-23-21(24-11-9-16-7-8-19(22)26-13-16)25-12-10-17-14-27-20-15(2)5-4-6-18(17)20;/h4-8,13-14,27H,3,9-12H2,1-2H3,(H2,23,24,25);1H. The van der Waals surface area contributed by atoms with Gasteiger partial charge in [0, 0.05) is 42.9 Å². The van der Waals surface area contributed by atoms with Crippen LogP contribution in [0.2, 0.25) is 5.15 Å². The third kappa shape index (κ3) is 6.10. The minimum atomic E-state index is 0. The Morgan fingerprint density at radius 2 is 2.04 bits per heavy atom. The van der Waals surface area contributed by atoms with Gasteiger partial charge >= 0.3 is 0 Å². The molecule has 0 saturated carbocycles. The minimum Gasteiger partial charge on any atom is -0.361 e. The van der Waals surface area contributed by atoms with E-state index in [1.54, 1.807) is 0 Å². The Morgan fingerprint density at radius 3 is 2.79 bits per heavy atom. The van der Waals surface area contributed by atoms with Crippen LogP contribution in [0.3, 0.4) is 0 Å². The first kappa shape index (κ1) is 22.5. The van der Waals surface area contributed by atoms with E-state index in [9.17, 15) is 0 Å². The van der Waals surface area contributed by atoms with Crippen LogP contribution < -0.4 is 10.6 Å². The van der Waals surface area contributed by atoms with Crippen LogP contribution in [0.5, 0.6) is 0 Å². The number of para-hydroxylation sites is 1. The predicted molar refractivity (Wildman–Crippen MR) is 129 cm³/mol. The summed E-state index contributed by atoms with van der Waals surface area (Å²) >= 11 is 5.82. The summed E-state index contributed by atoms with van der Waals surface area (Å²) in [5, 5.41) is 8.49. The molecular formula is C21H27ClIN5. The molecule has 5 nitrogen and oxygen atoms in total.